The number of rotatable bonds is 3. The molecule has 1 aromatic carbocycles. The Kier molecular flexibility index (Phi) is 4.04. The van der Waals surface area contributed by atoms with Crippen molar-refractivity contribution in [2.45, 2.75) is 25.4 Å². The number of carbonyl (C=O) groups is 1. The standard InChI is InChI=1S/C14H20FN3O/c1-17(2)14(19)13-4-3-7-18(13)12-6-5-10(9-16)8-11(12)15/h5-6,8,13H,3-4,7,9,16H2,1-2H3. The fraction of sp³-hybridized carbons (Fsp3) is 0.500. The van der Waals surface area contributed by atoms with Crippen molar-refractivity contribution >= 4 is 11.6 Å². The molecule has 1 unspecified atom stereocenters. The third-order valence-corrected chi connectivity index (χ3v) is 3.54. The van der Waals surface area contributed by atoms with Crippen molar-refractivity contribution in [3.05, 3.63) is 29.6 Å². The van der Waals surface area contributed by atoms with Gasteiger partial charge in [-0.15, -0.1) is 0 Å². The van der Waals surface area contributed by atoms with E-state index in [1.54, 1.807) is 25.1 Å². The Hall–Kier alpha value is -1.62. The van der Waals surface area contributed by atoms with Crippen molar-refractivity contribution in [1.29, 1.82) is 0 Å². The predicted molar refractivity (Wildman–Crippen MR) is 73.4 cm³/mol. The van der Waals surface area contributed by atoms with E-state index in [2.05, 4.69) is 0 Å². The van der Waals surface area contributed by atoms with E-state index in [1.807, 2.05) is 11.0 Å². The number of likely N-dealkylation sites (N-methyl/N-ethyl adjacent to an activating group) is 1. The van der Waals surface area contributed by atoms with Crippen molar-refractivity contribution in [3.8, 4) is 0 Å². The zero-order valence-electron chi connectivity index (χ0n) is 11.4. The molecule has 1 amide bonds. The molecule has 1 aliphatic rings. The van der Waals surface area contributed by atoms with Gasteiger partial charge in [0.2, 0.25) is 5.91 Å². The second kappa shape index (κ2) is 5.57. The van der Waals surface area contributed by atoms with Crippen LogP contribution in [0.4, 0.5) is 10.1 Å². The van der Waals surface area contributed by atoms with Gasteiger partial charge in [0.05, 0.1) is 5.69 Å². The summed E-state index contributed by atoms with van der Waals surface area (Å²) in [6.07, 6.45) is 1.68. The number of nitrogens with two attached hydrogens (primary N) is 1. The minimum atomic E-state index is -0.304. The molecule has 2 N–H and O–H groups in total. The van der Waals surface area contributed by atoms with E-state index in [9.17, 15) is 9.18 Å². The van der Waals surface area contributed by atoms with Crippen LogP contribution in [0.15, 0.2) is 18.2 Å². The van der Waals surface area contributed by atoms with Gasteiger partial charge in [0.1, 0.15) is 11.9 Å². The first-order chi connectivity index (χ1) is 9.04. The van der Waals surface area contributed by atoms with Crippen LogP contribution in [0.1, 0.15) is 18.4 Å². The Morgan fingerprint density at radius 2 is 2.26 bits per heavy atom. The van der Waals surface area contributed by atoms with Crippen LogP contribution < -0.4 is 10.6 Å². The van der Waals surface area contributed by atoms with Crippen molar-refractivity contribution in [1.82, 2.24) is 4.90 Å². The minimum absolute atomic E-state index is 0.0276. The number of halogens is 1. The maximum Gasteiger partial charge on any atom is 0.244 e. The first kappa shape index (κ1) is 13.8. The maximum atomic E-state index is 14.1. The lowest BCUT2D eigenvalue weighted by atomic mass is 10.1. The quantitative estimate of drug-likeness (QED) is 0.897. The summed E-state index contributed by atoms with van der Waals surface area (Å²) < 4.78 is 14.1. The summed E-state index contributed by atoms with van der Waals surface area (Å²) in [6.45, 7) is 1.03. The van der Waals surface area contributed by atoms with Gasteiger partial charge in [-0.1, -0.05) is 6.07 Å². The van der Waals surface area contributed by atoms with Crippen LogP contribution >= 0.6 is 0 Å². The van der Waals surface area contributed by atoms with Crippen LogP contribution in [0.2, 0.25) is 0 Å². The average Bonchev–Trinajstić information content (AvgIpc) is 2.86. The average molecular weight is 265 g/mol. The third-order valence-electron chi connectivity index (χ3n) is 3.54. The predicted octanol–water partition coefficient (Wildman–Crippen LogP) is 1.34. The molecule has 0 radical (unpaired) electrons. The second-order valence-electron chi connectivity index (χ2n) is 5.07. The number of carbonyl (C=O) groups excluding carboxylic acids is 1. The monoisotopic (exact) mass is 265 g/mol. The zero-order valence-corrected chi connectivity index (χ0v) is 11.4. The lowest BCUT2D eigenvalue weighted by molar-refractivity contribution is -0.129. The van der Waals surface area contributed by atoms with Crippen LogP contribution in [0.25, 0.3) is 0 Å². The molecule has 2 rings (SSSR count). The summed E-state index contributed by atoms with van der Waals surface area (Å²) in [7, 11) is 3.46. The molecule has 4 nitrogen and oxygen atoms in total. The highest BCUT2D eigenvalue weighted by molar-refractivity contribution is 5.85. The van der Waals surface area contributed by atoms with E-state index >= 15 is 0 Å². The normalized spacial score (nSPS) is 18.7. The Balaban J connectivity index is 2.27. The number of anilines is 1. The van der Waals surface area contributed by atoms with Crippen LogP contribution in [-0.2, 0) is 11.3 Å². The van der Waals surface area contributed by atoms with Gasteiger partial charge < -0.3 is 15.5 Å². The highest BCUT2D eigenvalue weighted by Crippen LogP contribution is 2.29. The van der Waals surface area contributed by atoms with Crippen molar-refractivity contribution < 1.29 is 9.18 Å². The number of nitrogens with zero attached hydrogens (tertiary/aromatic N) is 2. The molecule has 5 heteroatoms. The van der Waals surface area contributed by atoms with E-state index in [0.29, 0.717) is 18.8 Å². The zero-order chi connectivity index (χ0) is 14.0. The molecule has 1 fully saturated rings. The minimum Gasteiger partial charge on any atom is -0.357 e. The highest BCUT2D eigenvalue weighted by Gasteiger charge is 2.33. The number of hydrogen-bond donors (Lipinski definition) is 1. The number of hydrogen-bond acceptors (Lipinski definition) is 3. The summed E-state index contributed by atoms with van der Waals surface area (Å²) in [4.78, 5) is 15.5. The van der Waals surface area contributed by atoms with E-state index < -0.39 is 0 Å². The summed E-state index contributed by atoms with van der Waals surface area (Å²) in [5.74, 6) is -0.277. The summed E-state index contributed by atoms with van der Waals surface area (Å²) >= 11 is 0. The van der Waals surface area contributed by atoms with Crippen molar-refractivity contribution in [2.75, 3.05) is 25.5 Å². The molecule has 0 bridgehead atoms. The summed E-state index contributed by atoms with van der Waals surface area (Å²) in [6, 6.07) is 4.73. The molecule has 0 spiro atoms. The Labute approximate surface area is 113 Å². The Morgan fingerprint density at radius 3 is 2.84 bits per heavy atom. The molecule has 1 aromatic rings. The van der Waals surface area contributed by atoms with Crippen LogP contribution in [0.5, 0.6) is 0 Å². The summed E-state index contributed by atoms with van der Waals surface area (Å²) in [5.41, 5.74) is 6.75. The van der Waals surface area contributed by atoms with Gasteiger partial charge in [-0.05, 0) is 30.5 Å². The van der Waals surface area contributed by atoms with Gasteiger partial charge >= 0.3 is 0 Å². The van der Waals surface area contributed by atoms with Crippen molar-refractivity contribution in [2.24, 2.45) is 5.73 Å². The van der Waals surface area contributed by atoms with Crippen molar-refractivity contribution in [3.63, 3.8) is 0 Å². The van der Waals surface area contributed by atoms with Gasteiger partial charge in [0.15, 0.2) is 0 Å². The topological polar surface area (TPSA) is 49.6 Å². The van der Waals surface area contributed by atoms with Crippen LogP contribution in [0, 0.1) is 5.82 Å². The molecule has 1 aliphatic heterocycles. The maximum absolute atomic E-state index is 14.1. The van der Waals surface area contributed by atoms with Gasteiger partial charge in [0, 0.05) is 27.2 Å². The first-order valence-corrected chi connectivity index (χ1v) is 6.51. The smallest absolute Gasteiger partial charge is 0.244 e. The molecular weight excluding hydrogens is 245 g/mol. The van der Waals surface area contributed by atoms with E-state index in [1.165, 1.54) is 6.07 Å². The second-order valence-corrected chi connectivity index (χ2v) is 5.07. The molecular formula is C14H20FN3O. The molecule has 0 aromatic heterocycles. The Morgan fingerprint density at radius 1 is 1.53 bits per heavy atom. The molecule has 0 aliphatic carbocycles. The fourth-order valence-corrected chi connectivity index (χ4v) is 2.52. The fourth-order valence-electron chi connectivity index (χ4n) is 2.52. The lowest BCUT2D eigenvalue weighted by Crippen LogP contribution is -2.43. The van der Waals surface area contributed by atoms with Crippen LogP contribution in [0.3, 0.4) is 0 Å². The van der Waals surface area contributed by atoms with Gasteiger partial charge in [0.25, 0.3) is 0 Å². The first-order valence-electron chi connectivity index (χ1n) is 6.51. The molecule has 19 heavy (non-hydrogen) atoms. The molecule has 1 atom stereocenters. The largest absolute Gasteiger partial charge is 0.357 e. The van der Waals surface area contributed by atoms with Gasteiger partial charge in [-0.3, -0.25) is 4.79 Å². The molecule has 0 saturated carbocycles. The number of amides is 1. The van der Waals surface area contributed by atoms with Crippen LogP contribution in [-0.4, -0.2) is 37.5 Å². The number of benzene rings is 1. The van der Waals surface area contributed by atoms with Gasteiger partial charge in [-0.2, -0.15) is 0 Å². The van der Waals surface area contributed by atoms with E-state index in [0.717, 1.165) is 18.4 Å². The van der Waals surface area contributed by atoms with E-state index in [-0.39, 0.29) is 17.8 Å². The third kappa shape index (κ3) is 2.71. The van der Waals surface area contributed by atoms with E-state index in [4.69, 9.17) is 5.73 Å². The SMILES string of the molecule is CN(C)C(=O)C1CCCN1c1ccc(CN)cc1F. The Bertz CT molecular complexity index is 476. The summed E-state index contributed by atoms with van der Waals surface area (Å²) in [5, 5.41) is 0. The molecule has 1 heterocycles. The molecule has 104 valence electrons. The van der Waals surface area contributed by atoms with Gasteiger partial charge in [-0.25, -0.2) is 4.39 Å². The molecule has 1 saturated heterocycles. The highest BCUT2D eigenvalue weighted by atomic mass is 19.1. The lowest BCUT2D eigenvalue weighted by Gasteiger charge is -2.28.